The molecule has 0 aliphatic carbocycles. The van der Waals surface area contributed by atoms with Gasteiger partial charge in [0.15, 0.2) is 0 Å². The average Bonchev–Trinajstić information content (AvgIpc) is 2.35. The van der Waals surface area contributed by atoms with Crippen LogP contribution in [0, 0.1) is 11.8 Å². The molecule has 1 aromatic rings. The van der Waals surface area contributed by atoms with Crippen molar-refractivity contribution in [1.29, 1.82) is 0 Å². The molecule has 0 amide bonds. The summed E-state index contributed by atoms with van der Waals surface area (Å²) < 4.78 is 0. The molecule has 0 unspecified atom stereocenters. The van der Waals surface area contributed by atoms with Gasteiger partial charge in [-0.25, -0.2) is 0 Å². The van der Waals surface area contributed by atoms with Crippen molar-refractivity contribution in [2.75, 3.05) is 11.9 Å². The SMILES string of the molecule is CC(C)CC(CC(C)C)Nc1cccc(CCCO)c1. The second-order valence-corrected chi connectivity index (χ2v) is 6.63. The van der Waals surface area contributed by atoms with Crippen molar-refractivity contribution < 1.29 is 5.11 Å². The summed E-state index contributed by atoms with van der Waals surface area (Å²) in [6.07, 6.45) is 4.20. The highest BCUT2D eigenvalue weighted by Gasteiger charge is 2.12. The maximum absolute atomic E-state index is 8.92. The number of rotatable bonds is 9. The Morgan fingerprint density at radius 1 is 1.05 bits per heavy atom. The third kappa shape index (κ3) is 6.95. The molecule has 2 N–H and O–H groups in total. The number of aliphatic hydroxyl groups is 1. The van der Waals surface area contributed by atoms with Gasteiger partial charge in [0.1, 0.15) is 0 Å². The summed E-state index contributed by atoms with van der Waals surface area (Å²) in [5.74, 6) is 1.42. The summed E-state index contributed by atoms with van der Waals surface area (Å²) in [5.41, 5.74) is 2.52. The maximum atomic E-state index is 8.92. The predicted octanol–water partition coefficient (Wildman–Crippen LogP) is 4.48. The lowest BCUT2D eigenvalue weighted by Crippen LogP contribution is -2.23. The highest BCUT2D eigenvalue weighted by atomic mass is 16.2. The van der Waals surface area contributed by atoms with Gasteiger partial charge in [-0.2, -0.15) is 0 Å². The molecule has 0 aliphatic rings. The standard InChI is InChI=1S/C18H31NO/c1-14(2)11-18(12-15(3)4)19-17-9-5-7-16(13-17)8-6-10-20/h5,7,9,13-15,18-20H,6,8,10-12H2,1-4H3. The number of nitrogens with one attached hydrogen (secondary N) is 1. The van der Waals surface area contributed by atoms with Crippen LogP contribution in [0.3, 0.4) is 0 Å². The Balaban J connectivity index is 2.66. The quantitative estimate of drug-likeness (QED) is 0.697. The normalized spacial score (nSPS) is 11.6. The fourth-order valence-electron chi connectivity index (χ4n) is 2.69. The monoisotopic (exact) mass is 277 g/mol. The van der Waals surface area contributed by atoms with Crippen LogP contribution in [0.25, 0.3) is 0 Å². The first-order valence-electron chi connectivity index (χ1n) is 7.97. The van der Waals surface area contributed by atoms with Crippen LogP contribution in [0.5, 0.6) is 0 Å². The third-order valence-corrected chi connectivity index (χ3v) is 3.43. The van der Waals surface area contributed by atoms with Gasteiger partial charge in [0.2, 0.25) is 0 Å². The van der Waals surface area contributed by atoms with E-state index in [1.165, 1.54) is 24.1 Å². The Morgan fingerprint density at radius 3 is 2.25 bits per heavy atom. The minimum atomic E-state index is 0.265. The van der Waals surface area contributed by atoms with E-state index in [-0.39, 0.29) is 6.61 Å². The Hall–Kier alpha value is -1.02. The van der Waals surface area contributed by atoms with Crippen LogP contribution in [-0.2, 0) is 6.42 Å². The molecule has 114 valence electrons. The van der Waals surface area contributed by atoms with Gasteiger partial charge in [0.05, 0.1) is 0 Å². The van der Waals surface area contributed by atoms with Gasteiger partial charge in [-0.05, 0) is 55.2 Å². The highest BCUT2D eigenvalue weighted by Crippen LogP contribution is 2.20. The molecular formula is C18H31NO. The van der Waals surface area contributed by atoms with Gasteiger partial charge in [-0.15, -0.1) is 0 Å². The van der Waals surface area contributed by atoms with Crippen LogP contribution in [0.15, 0.2) is 24.3 Å². The van der Waals surface area contributed by atoms with E-state index >= 15 is 0 Å². The van der Waals surface area contributed by atoms with Gasteiger partial charge in [-0.3, -0.25) is 0 Å². The Kier molecular flexibility index (Phi) is 7.68. The minimum Gasteiger partial charge on any atom is -0.396 e. The number of hydrogen-bond acceptors (Lipinski definition) is 2. The van der Waals surface area contributed by atoms with Crippen LogP contribution in [0.1, 0.15) is 52.5 Å². The molecule has 20 heavy (non-hydrogen) atoms. The van der Waals surface area contributed by atoms with Gasteiger partial charge >= 0.3 is 0 Å². The first-order valence-corrected chi connectivity index (χ1v) is 7.97. The van der Waals surface area contributed by atoms with Crippen molar-refractivity contribution in [2.24, 2.45) is 11.8 Å². The van der Waals surface area contributed by atoms with E-state index in [1.54, 1.807) is 0 Å². The van der Waals surface area contributed by atoms with E-state index < -0.39 is 0 Å². The number of hydrogen-bond donors (Lipinski definition) is 2. The number of benzene rings is 1. The average molecular weight is 277 g/mol. The summed E-state index contributed by atoms with van der Waals surface area (Å²) in [5, 5.41) is 12.6. The first kappa shape index (κ1) is 17.0. The fourth-order valence-corrected chi connectivity index (χ4v) is 2.69. The molecular weight excluding hydrogens is 246 g/mol. The second-order valence-electron chi connectivity index (χ2n) is 6.63. The molecule has 0 aromatic heterocycles. The van der Waals surface area contributed by atoms with E-state index in [4.69, 9.17) is 5.11 Å². The van der Waals surface area contributed by atoms with E-state index in [0.29, 0.717) is 17.9 Å². The predicted molar refractivity (Wildman–Crippen MR) is 88.2 cm³/mol. The first-order chi connectivity index (χ1) is 9.51. The Bertz CT molecular complexity index is 363. The zero-order valence-corrected chi connectivity index (χ0v) is 13.5. The summed E-state index contributed by atoms with van der Waals surface area (Å²) >= 11 is 0. The van der Waals surface area contributed by atoms with Crippen molar-refractivity contribution >= 4 is 5.69 Å². The lowest BCUT2D eigenvalue weighted by atomic mass is 9.95. The summed E-state index contributed by atoms with van der Waals surface area (Å²) in [7, 11) is 0. The van der Waals surface area contributed by atoms with E-state index in [2.05, 4.69) is 57.3 Å². The van der Waals surface area contributed by atoms with E-state index in [0.717, 1.165) is 12.8 Å². The molecule has 0 radical (unpaired) electrons. The Morgan fingerprint density at radius 2 is 1.70 bits per heavy atom. The zero-order valence-electron chi connectivity index (χ0n) is 13.5. The molecule has 2 heteroatoms. The topological polar surface area (TPSA) is 32.3 Å². The van der Waals surface area contributed by atoms with Crippen molar-refractivity contribution in [1.82, 2.24) is 0 Å². The third-order valence-electron chi connectivity index (χ3n) is 3.43. The molecule has 0 saturated heterocycles. The molecule has 1 aromatic carbocycles. The van der Waals surface area contributed by atoms with Gasteiger partial charge < -0.3 is 10.4 Å². The molecule has 0 bridgehead atoms. The Labute approximate surface area is 124 Å². The number of aliphatic hydroxyl groups excluding tert-OH is 1. The van der Waals surface area contributed by atoms with Gasteiger partial charge in [0.25, 0.3) is 0 Å². The lowest BCUT2D eigenvalue weighted by molar-refractivity contribution is 0.288. The maximum Gasteiger partial charge on any atom is 0.0434 e. The molecule has 0 saturated carbocycles. The largest absolute Gasteiger partial charge is 0.396 e. The number of anilines is 1. The highest BCUT2D eigenvalue weighted by molar-refractivity contribution is 5.46. The van der Waals surface area contributed by atoms with Gasteiger partial charge in [-0.1, -0.05) is 39.8 Å². The van der Waals surface area contributed by atoms with Crippen LogP contribution >= 0.6 is 0 Å². The summed E-state index contributed by atoms with van der Waals surface area (Å²) in [6, 6.07) is 9.17. The van der Waals surface area contributed by atoms with Gasteiger partial charge in [0, 0.05) is 18.3 Å². The summed E-state index contributed by atoms with van der Waals surface area (Å²) in [4.78, 5) is 0. The molecule has 0 spiro atoms. The van der Waals surface area contributed by atoms with Crippen LogP contribution in [0.2, 0.25) is 0 Å². The van der Waals surface area contributed by atoms with Crippen LogP contribution in [0.4, 0.5) is 5.69 Å². The van der Waals surface area contributed by atoms with Crippen molar-refractivity contribution in [2.45, 2.75) is 59.4 Å². The molecule has 0 heterocycles. The molecule has 0 aliphatic heterocycles. The van der Waals surface area contributed by atoms with Crippen LogP contribution < -0.4 is 5.32 Å². The fraction of sp³-hybridized carbons (Fsp3) is 0.667. The molecule has 0 fully saturated rings. The van der Waals surface area contributed by atoms with Crippen molar-refractivity contribution in [3.63, 3.8) is 0 Å². The van der Waals surface area contributed by atoms with E-state index in [1.807, 2.05) is 0 Å². The molecule has 0 atom stereocenters. The smallest absolute Gasteiger partial charge is 0.0434 e. The minimum absolute atomic E-state index is 0.265. The molecule has 2 nitrogen and oxygen atoms in total. The van der Waals surface area contributed by atoms with Crippen LogP contribution in [-0.4, -0.2) is 17.8 Å². The summed E-state index contributed by atoms with van der Waals surface area (Å²) in [6.45, 7) is 9.40. The van der Waals surface area contributed by atoms with Crippen molar-refractivity contribution in [3.8, 4) is 0 Å². The van der Waals surface area contributed by atoms with E-state index in [9.17, 15) is 0 Å². The lowest BCUT2D eigenvalue weighted by Gasteiger charge is -2.24. The zero-order chi connectivity index (χ0) is 15.0. The second kappa shape index (κ2) is 9.02. The molecule has 1 rings (SSSR count). The van der Waals surface area contributed by atoms with Crippen molar-refractivity contribution in [3.05, 3.63) is 29.8 Å². The number of aryl methyl sites for hydroxylation is 1.